The molecular formula is C21H20N4O3S. The number of methoxy groups -OCH3 is 2. The Morgan fingerprint density at radius 2 is 1.93 bits per heavy atom. The van der Waals surface area contributed by atoms with Crippen LogP contribution in [0, 0.1) is 0 Å². The number of nitrogens with one attached hydrogen (secondary N) is 1. The van der Waals surface area contributed by atoms with Crippen molar-refractivity contribution in [2.75, 3.05) is 19.5 Å². The second-order valence-corrected chi connectivity index (χ2v) is 7.06. The second kappa shape index (κ2) is 7.92. The maximum Gasteiger partial charge on any atom is 0.277 e. The van der Waals surface area contributed by atoms with Crippen molar-refractivity contribution < 1.29 is 14.3 Å². The van der Waals surface area contributed by atoms with Crippen molar-refractivity contribution in [2.24, 2.45) is 0 Å². The van der Waals surface area contributed by atoms with Gasteiger partial charge in [0.2, 0.25) is 5.95 Å². The van der Waals surface area contributed by atoms with Gasteiger partial charge >= 0.3 is 0 Å². The van der Waals surface area contributed by atoms with Crippen molar-refractivity contribution in [3.8, 4) is 22.1 Å². The van der Waals surface area contributed by atoms with E-state index in [4.69, 9.17) is 9.47 Å². The number of rotatable bonds is 6. The van der Waals surface area contributed by atoms with E-state index < -0.39 is 0 Å². The molecule has 0 bridgehead atoms. The van der Waals surface area contributed by atoms with Crippen LogP contribution in [0.15, 0.2) is 47.8 Å². The first-order valence-corrected chi connectivity index (χ1v) is 9.97. The molecule has 0 saturated carbocycles. The molecule has 7 nitrogen and oxygen atoms in total. The van der Waals surface area contributed by atoms with E-state index in [9.17, 15) is 4.79 Å². The first kappa shape index (κ1) is 18.9. The van der Waals surface area contributed by atoms with E-state index in [-0.39, 0.29) is 5.91 Å². The van der Waals surface area contributed by atoms with Crippen molar-refractivity contribution in [2.45, 2.75) is 13.5 Å². The number of ether oxygens (including phenoxy) is 2. The van der Waals surface area contributed by atoms with Gasteiger partial charge in [0.05, 0.1) is 30.8 Å². The standard InChI is InChI=1S/C21H20N4O3S/c1-4-25-16-10-6-5-9-14(16)23-21(25)24-19(26)15-12-29-20(22-15)13-8-7-11-17(27-2)18(13)28-3/h5-12H,4H2,1-3H3,(H,23,24,26). The Bertz CT molecular complexity index is 1180. The monoisotopic (exact) mass is 408 g/mol. The minimum absolute atomic E-state index is 0.306. The Labute approximate surface area is 171 Å². The largest absolute Gasteiger partial charge is 0.493 e. The van der Waals surface area contributed by atoms with Gasteiger partial charge in [-0.2, -0.15) is 0 Å². The summed E-state index contributed by atoms with van der Waals surface area (Å²) in [5.74, 6) is 1.40. The molecule has 0 unspecified atom stereocenters. The summed E-state index contributed by atoms with van der Waals surface area (Å²) in [7, 11) is 3.17. The second-order valence-electron chi connectivity index (χ2n) is 6.20. The van der Waals surface area contributed by atoms with Crippen LogP contribution >= 0.6 is 11.3 Å². The number of fused-ring (bicyclic) bond motifs is 1. The molecule has 0 aliphatic rings. The molecule has 0 saturated heterocycles. The van der Waals surface area contributed by atoms with E-state index in [0.717, 1.165) is 16.6 Å². The molecular weight excluding hydrogens is 388 g/mol. The highest BCUT2D eigenvalue weighted by Crippen LogP contribution is 2.39. The van der Waals surface area contributed by atoms with E-state index in [1.165, 1.54) is 11.3 Å². The highest BCUT2D eigenvalue weighted by Gasteiger charge is 2.19. The van der Waals surface area contributed by atoms with E-state index in [1.54, 1.807) is 19.6 Å². The van der Waals surface area contributed by atoms with Crippen molar-refractivity contribution in [1.29, 1.82) is 0 Å². The summed E-state index contributed by atoms with van der Waals surface area (Å²) in [4.78, 5) is 21.8. The molecule has 2 heterocycles. The zero-order valence-electron chi connectivity index (χ0n) is 16.3. The number of amides is 1. The number of imidazole rings is 1. The zero-order chi connectivity index (χ0) is 20.4. The SMILES string of the molecule is CCn1c(NC(=O)c2csc(-c3cccc(OC)c3OC)n2)nc2ccccc21. The molecule has 4 aromatic rings. The van der Waals surface area contributed by atoms with Crippen molar-refractivity contribution in [3.05, 3.63) is 53.5 Å². The fourth-order valence-electron chi connectivity index (χ4n) is 3.21. The third kappa shape index (κ3) is 3.42. The van der Waals surface area contributed by atoms with Gasteiger partial charge in [-0.3, -0.25) is 10.1 Å². The predicted octanol–water partition coefficient (Wildman–Crippen LogP) is 4.45. The molecule has 29 heavy (non-hydrogen) atoms. The van der Waals surface area contributed by atoms with Crippen molar-refractivity contribution >= 4 is 34.2 Å². The Balaban J connectivity index is 1.64. The van der Waals surface area contributed by atoms with Crippen molar-refractivity contribution in [3.63, 3.8) is 0 Å². The third-order valence-electron chi connectivity index (χ3n) is 4.57. The quantitative estimate of drug-likeness (QED) is 0.510. The maximum atomic E-state index is 12.8. The smallest absolute Gasteiger partial charge is 0.277 e. The van der Waals surface area contributed by atoms with Gasteiger partial charge in [-0.1, -0.05) is 18.2 Å². The van der Waals surface area contributed by atoms with Crippen molar-refractivity contribution in [1.82, 2.24) is 14.5 Å². The van der Waals surface area contributed by atoms with Gasteiger partial charge in [0.1, 0.15) is 10.7 Å². The van der Waals surface area contributed by atoms with Crippen LogP contribution in [0.1, 0.15) is 17.4 Å². The number of carbonyl (C=O) groups excluding carboxylic acids is 1. The molecule has 0 fully saturated rings. The lowest BCUT2D eigenvalue weighted by Crippen LogP contribution is -2.16. The zero-order valence-corrected chi connectivity index (χ0v) is 17.1. The fraction of sp³-hybridized carbons (Fsp3) is 0.190. The van der Waals surface area contributed by atoms with E-state index in [1.807, 2.05) is 54.0 Å². The maximum absolute atomic E-state index is 12.8. The number of carbonyl (C=O) groups is 1. The van der Waals surface area contributed by atoms with Gasteiger partial charge < -0.3 is 14.0 Å². The molecule has 4 rings (SSSR count). The highest BCUT2D eigenvalue weighted by molar-refractivity contribution is 7.13. The molecule has 0 aliphatic carbocycles. The number of hydrogen-bond donors (Lipinski definition) is 1. The van der Waals surface area contributed by atoms with Crippen LogP contribution in [0.2, 0.25) is 0 Å². The Kier molecular flexibility index (Phi) is 5.18. The molecule has 8 heteroatoms. The number of benzene rings is 2. The summed E-state index contributed by atoms with van der Waals surface area (Å²) in [5.41, 5.74) is 2.91. The summed E-state index contributed by atoms with van der Waals surface area (Å²) >= 11 is 1.37. The molecule has 2 aromatic carbocycles. The molecule has 0 spiro atoms. The lowest BCUT2D eigenvalue weighted by Gasteiger charge is -2.10. The summed E-state index contributed by atoms with van der Waals surface area (Å²) in [5, 5.41) is 5.28. The number of hydrogen-bond acceptors (Lipinski definition) is 6. The highest BCUT2D eigenvalue weighted by atomic mass is 32.1. The van der Waals surface area contributed by atoms with Crippen LogP contribution in [-0.2, 0) is 6.54 Å². The third-order valence-corrected chi connectivity index (χ3v) is 5.44. The molecule has 1 N–H and O–H groups in total. The normalized spacial score (nSPS) is 10.9. The summed E-state index contributed by atoms with van der Waals surface area (Å²) in [6.45, 7) is 2.71. The summed E-state index contributed by atoms with van der Waals surface area (Å²) in [6, 6.07) is 13.4. The van der Waals surface area contributed by atoms with Gasteiger partial charge in [-0.05, 0) is 31.2 Å². The van der Waals surface area contributed by atoms with Gasteiger partial charge in [-0.25, -0.2) is 9.97 Å². The molecule has 0 aliphatic heterocycles. The average Bonchev–Trinajstić information content (AvgIpc) is 3.37. The van der Waals surface area contributed by atoms with Crippen LogP contribution < -0.4 is 14.8 Å². The van der Waals surface area contributed by atoms with E-state index in [2.05, 4.69) is 15.3 Å². The number of thiazole rings is 1. The van der Waals surface area contributed by atoms with Crippen LogP contribution in [0.4, 0.5) is 5.95 Å². The first-order valence-electron chi connectivity index (χ1n) is 9.09. The number of nitrogens with zero attached hydrogens (tertiary/aromatic N) is 3. The predicted molar refractivity (Wildman–Crippen MR) is 114 cm³/mol. The molecule has 148 valence electrons. The topological polar surface area (TPSA) is 78.3 Å². The average molecular weight is 408 g/mol. The van der Waals surface area contributed by atoms with E-state index >= 15 is 0 Å². The molecule has 0 atom stereocenters. The number of aryl methyl sites for hydroxylation is 1. The molecule has 1 amide bonds. The minimum Gasteiger partial charge on any atom is -0.493 e. The summed E-state index contributed by atoms with van der Waals surface area (Å²) in [6.07, 6.45) is 0. The van der Waals surface area contributed by atoms with Gasteiger partial charge in [0.25, 0.3) is 5.91 Å². The molecule has 2 aromatic heterocycles. The lowest BCUT2D eigenvalue weighted by molar-refractivity contribution is 0.102. The first-order chi connectivity index (χ1) is 14.2. The van der Waals surface area contributed by atoms with E-state index in [0.29, 0.717) is 34.7 Å². The van der Waals surface area contributed by atoms with Crippen LogP contribution in [0.5, 0.6) is 11.5 Å². The minimum atomic E-state index is -0.306. The molecule has 0 radical (unpaired) electrons. The van der Waals surface area contributed by atoms with Crippen LogP contribution in [0.3, 0.4) is 0 Å². The van der Waals surface area contributed by atoms with Gasteiger partial charge in [0.15, 0.2) is 11.5 Å². The van der Waals surface area contributed by atoms with Crippen LogP contribution in [-0.4, -0.2) is 34.7 Å². The summed E-state index contributed by atoms with van der Waals surface area (Å²) < 4.78 is 12.8. The van der Waals surface area contributed by atoms with Gasteiger partial charge in [-0.15, -0.1) is 11.3 Å². The Morgan fingerprint density at radius 1 is 1.10 bits per heavy atom. The fourth-order valence-corrected chi connectivity index (χ4v) is 4.04. The van der Waals surface area contributed by atoms with Crippen LogP contribution in [0.25, 0.3) is 21.6 Å². The number of para-hydroxylation sites is 3. The number of anilines is 1. The number of aromatic nitrogens is 3. The van der Waals surface area contributed by atoms with Gasteiger partial charge in [0, 0.05) is 11.9 Å². The Morgan fingerprint density at radius 3 is 2.69 bits per heavy atom. The lowest BCUT2D eigenvalue weighted by atomic mass is 10.2. The Hall–Kier alpha value is -3.39.